The van der Waals surface area contributed by atoms with E-state index in [4.69, 9.17) is 18.6 Å². The van der Waals surface area contributed by atoms with Crippen LogP contribution in [0, 0.1) is 0 Å². The lowest BCUT2D eigenvalue weighted by Crippen LogP contribution is -2.32. The topological polar surface area (TPSA) is 40.2 Å². The molecule has 0 radical (unpaired) electrons. The second-order valence-electron chi connectivity index (χ2n) is 40.7. The van der Waals surface area contributed by atoms with Gasteiger partial charge in [0.15, 0.2) is 0 Å². The Morgan fingerprint density at radius 3 is 1.01 bits per heavy atom. The van der Waals surface area contributed by atoms with Crippen molar-refractivity contribution in [3.8, 4) is 22.3 Å². The number of benzene rings is 12. The van der Waals surface area contributed by atoms with Crippen molar-refractivity contribution < 1.29 is 18.6 Å². The maximum atomic E-state index is 5.92. The third-order valence-corrected chi connectivity index (χ3v) is 30.2. The average molecular weight is 2000 g/mol. The van der Waals surface area contributed by atoms with Crippen LogP contribution in [0.15, 0.2) is 248 Å². The monoisotopic (exact) mass is 2000 g/mol. The number of fused-ring (bicyclic) bond motifs is 9. The lowest BCUT2D eigenvalue weighted by Gasteiger charge is -2.36. The zero-order valence-electron chi connectivity index (χ0n) is 81.0. The molecule has 0 bridgehead atoms. The predicted molar refractivity (Wildman–Crippen MR) is 580 cm³/mol. The van der Waals surface area contributed by atoms with Gasteiger partial charge >= 0.3 is 14.2 Å². The van der Waals surface area contributed by atoms with Crippen LogP contribution in [-0.2, 0) is 58.5 Å². The van der Waals surface area contributed by atoms with Crippen LogP contribution in [0.1, 0.15) is 329 Å². The van der Waals surface area contributed by atoms with Crippen molar-refractivity contribution in [1.82, 2.24) is 0 Å². The Morgan fingerprint density at radius 1 is 0.298 bits per heavy atom. The first-order valence-electron chi connectivity index (χ1n) is 50.0. The van der Waals surface area contributed by atoms with Crippen molar-refractivity contribution in [2.24, 2.45) is 0 Å². The fraction of sp³-hybridized carbons (Fsp3) is 0.417. The summed E-state index contributed by atoms with van der Waals surface area (Å²) in [6, 6.07) is 87.2. The highest BCUT2D eigenvalue weighted by Crippen LogP contribution is 2.63. The summed E-state index contributed by atoms with van der Waals surface area (Å²) in [5.41, 5.74) is 29.2. The minimum absolute atomic E-state index is 0.00246. The summed E-state index contributed by atoms with van der Waals surface area (Å²) in [4.78, 5) is 2.29. The van der Waals surface area contributed by atoms with Crippen molar-refractivity contribution in [1.29, 1.82) is 0 Å². The largest absolute Gasteiger partial charge is 0.494 e. The van der Waals surface area contributed by atoms with Crippen molar-refractivity contribution in [3.05, 3.63) is 321 Å². The zero-order valence-corrected chi connectivity index (χ0v) is 87.3. The Hall–Kier alpha value is -7.41. The van der Waals surface area contributed by atoms with Gasteiger partial charge in [-0.05, 0) is 279 Å². The molecule has 5 nitrogen and oxygen atoms in total. The molecule has 686 valence electrons. The van der Waals surface area contributed by atoms with E-state index < -0.39 is 5.41 Å². The van der Waals surface area contributed by atoms with E-state index in [0.717, 1.165) is 54.2 Å². The summed E-state index contributed by atoms with van der Waals surface area (Å²) in [6.07, 6.45) is 40.6. The number of hydrogen-bond donors (Lipinski definition) is 0. The number of hydrogen-bond acceptors (Lipinski definition) is 5. The molecule has 2 saturated heterocycles. The SMILES string of the molecule is CC(C)(C)c1ccc(N(c2ccc(Br)cc2)c2ccc(/C=C/c3ccc(Br)cc3)cc2)cc1.CCCCCCCCC1(CCCCCCCC)c2cc(Br)ccc2-c2cc3c(cc21)-c1ccc(Br)cc1C3(c1ccc(C(C)(C)C)cc1)c1ccc(C(C)(C)C)cc1.CCCCCCCCc1c(CCCCCCCC)c2cc(B3OCCO3)ccc2c2ccc(B3OCCO3)cc12. The first-order chi connectivity index (χ1) is 63.3. The molecule has 0 unspecified atom stereocenters. The smallest absolute Gasteiger partial charge is 0.405 e. The quantitative estimate of drug-likeness (QED) is 0.0168. The van der Waals surface area contributed by atoms with Gasteiger partial charge in [0.2, 0.25) is 0 Å². The molecule has 12 aromatic rings. The summed E-state index contributed by atoms with van der Waals surface area (Å²) in [7, 11) is -0.494. The summed E-state index contributed by atoms with van der Waals surface area (Å²) in [5, 5.41) is 5.45. The van der Waals surface area contributed by atoms with Gasteiger partial charge in [0.1, 0.15) is 0 Å². The van der Waals surface area contributed by atoms with Gasteiger partial charge in [-0.15, -0.1) is 0 Å². The van der Waals surface area contributed by atoms with Gasteiger partial charge in [0.25, 0.3) is 0 Å². The second kappa shape index (κ2) is 46.4. The number of halogens is 4. The Bertz CT molecular complexity index is 5570. The summed E-state index contributed by atoms with van der Waals surface area (Å²) >= 11 is 15.0. The molecular formula is C120H143B2Br4NO4. The number of rotatable bonds is 37. The molecule has 11 heteroatoms. The first-order valence-corrected chi connectivity index (χ1v) is 53.2. The Balaban J connectivity index is 0.000000166. The molecular weight excluding hydrogens is 1860 g/mol. The van der Waals surface area contributed by atoms with Gasteiger partial charge in [0, 0.05) is 40.4 Å². The minimum Gasteiger partial charge on any atom is -0.405 e. The molecule has 0 amide bonds. The van der Waals surface area contributed by atoms with E-state index in [1.165, 1.54) is 276 Å². The third kappa shape index (κ3) is 24.2. The standard InChI is InChI=1S/C56H68Br2.C34H48B2O4.C30H27Br2N/c1-9-11-13-15-17-19-33-55(34-20-18-16-14-12-10-2)49-35-43(57)29-31-45(49)47-38-52-48(37-50(47)55)46-32-30-44(58)36-51(46)56(52,41-25-21-39(22-26-41)53(3,4)5)42-27-23-40(24-28-42)54(6,7)8;1-3-5-7-9-11-13-15-29-30(16-14-12-10-8-6-4-2)34-26-28(36-39-23-24-40-36)18-20-32(34)31-19-17-27(25-33(29)31)35-37-21-22-38-35;1-30(2,3)24-10-18-28(19-11-24)33(29-20-14-26(32)15-21-29)27-16-8-23(9-17-27)5-4-22-6-12-25(31)13-7-22/h21-32,35-38H,9-20,33-34H2,1-8H3;17-20,25-26H,3-16,21-24H2,1-2H3;4-21H,1-3H3/b;;5-4+. The lowest BCUT2D eigenvalue weighted by atomic mass is 9.66. The van der Waals surface area contributed by atoms with Crippen molar-refractivity contribution in [2.75, 3.05) is 31.3 Å². The third-order valence-electron chi connectivity index (χ3n) is 28.1. The molecule has 0 spiro atoms. The summed E-state index contributed by atoms with van der Waals surface area (Å²) < 4.78 is 28.2. The molecule has 2 aliphatic heterocycles. The van der Waals surface area contributed by atoms with Crippen LogP contribution < -0.4 is 15.8 Å². The molecule has 0 N–H and O–H groups in total. The Labute approximate surface area is 822 Å². The van der Waals surface area contributed by atoms with Crippen LogP contribution in [-0.4, -0.2) is 40.7 Å². The number of aryl methyl sites for hydroxylation is 2. The van der Waals surface area contributed by atoms with E-state index in [9.17, 15) is 0 Å². The zero-order chi connectivity index (χ0) is 92.3. The van der Waals surface area contributed by atoms with Crippen LogP contribution in [0.3, 0.4) is 0 Å². The van der Waals surface area contributed by atoms with E-state index in [0.29, 0.717) is 26.4 Å². The Kier molecular flexibility index (Phi) is 35.3. The van der Waals surface area contributed by atoms with E-state index in [-0.39, 0.29) is 35.9 Å². The minimum atomic E-state index is -0.477. The van der Waals surface area contributed by atoms with Gasteiger partial charge in [0.05, 0.1) is 31.8 Å². The highest BCUT2D eigenvalue weighted by Gasteiger charge is 2.51. The molecule has 0 aromatic heterocycles. The van der Waals surface area contributed by atoms with Crippen LogP contribution in [0.4, 0.5) is 17.1 Å². The second-order valence-corrected chi connectivity index (χ2v) is 44.3. The van der Waals surface area contributed by atoms with E-state index in [2.05, 4.69) is 401 Å². The highest BCUT2D eigenvalue weighted by molar-refractivity contribution is 9.11. The molecule has 0 saturated carbocycles. The maximum Gasteiger partial charge on any atom is 0.494 e. The molecule has 2 fully saturated rings. The van der Waals surface area contributed by atoms with Gasteiger partial charge in [-0.3, -0.25) is 0 Å². The number of unbranched alkanes of at least 4 members (excludes halogenated alkanes) is 20. The number of anilines is 3. The fourth-order valence-corrected chi connectivity index (χ4v) is 22.0. The fourth-order valence-electron chi connectivity index (χ4n) is 20.8. The molecule has 131 heavy (non-hydrogen) atoms. The lowest BCUT2D eigenvalue weighted by molar-refractivity contribution is 0.365. The normalized spacial score (nSPS) is 14.4. The van der Waals surface area contributed by atoms with Gasteiger partial charge in [-0.25, -0.2) is 0 Å². The van der Waals surface area contributed by atoms with Gasteiger partial charge in [-0.1, -0.05) is 441 Å². The van der Waals surface area contributed by atoms with Crippen molar-refractivity contribution in [2.45, 2.75) is 297 Å². The Morgan fingerprint density at radius 2 is 0.603 bits per heavy atom. The van der Waals surface area contributed by atoms with E-state index in [1.54, 1.807) is 11.1 Å². The van der Waals surface area contributed by atoms with Crippen molar-refractivity contribution >= 4 is 140 Å². The number of nitrogens with zero attached hydrogens (tertiary/aromatic N) is 1. The molecule has 12 aromatic carbocycles. The van der Waals surface area contributed by atoms with E-state index >= 15 is 0 Å². The van der Waals surface area contributed by atoms with Crippen LogP contribution in [0.2, 0.25) is 0 Å². The maximum absolute atomic E-state index is 5.92. The highest BCUT2D eigenvalue weighted by atomic mass is 79.9. The first kappa shape index (κ1) is 99.6. The molecule has 0 atom stereocenters. The molecule has 2 heterocycles. The molecule has 2 aliphatic carbocycles. The summed E-state index contributed by atoms with van der Waals surface area (Å²) in [5.74, 6) is 0. The average Bonchev–Trinajstić information content (AvgIpc) is 1.51. The predicted octanol–water partition coefficient (Wildman–Crippen LogP) is 35.4. The van der Waals surface area contributed by atoms with Crippen LogP contribution >= 0.6 is 63.7 Å². The van der Waals surface area contributed by atoms with Crippen LogP contribution in [0.25, 0.3) is 56.0 Å². The van der Waals surface area contributed by atoms with Gasteiger partial charge < -0.3 is 23.5 Å². The van der Waals surface area contributed by atoms with E-state index in [1.807, 2.05) is 0 Å². The van der Waals surface area contributed by atoms with Gasteiger partial charge in [-0.2, -0.15) is 0 Å². The van der Waals surface area contributed by atoms with Crippen molar-refractivity contribution in [3.63, 3.8) is 0 Å². The molecule has 4 aliphatic rings. The summed E-state index contributed by atoms with van der Waals surface area (Å²) in [6.45, 7) is 32.6. The molecule has 16 rings (SSSR count). The van der Waals surface area contributed by atoms with Crippen LogP contribution in [0.5, 0.6) is 0 Å².